The molecule has 0 radical (unpaired) electrons. The van der Waals surface area contributed by atoms with Crippen molar-refractivity contribution < 1.29 is 22.3 Å². The summed E-state index contributed by atoms with van der Waals surface area (Å²) in [6.45, 7) is -0.287. The van der Waals surface area contributed by atoms with Gasteiger partial charge in [-0.2, -0.15) is 18.4 Å². The van der Waals surface area contributed by atoms with E-state index in [-0.39, 0.29) is 28.9 Å². The Morgan fingerprint density at radius 2 is 1.85 bits per heavy atom. The second-order valence-electron chi connectivity index (χ2n) is 5.24. The molecule has 0 aliphatic carbocycles. The van der Waals surface area contributed by atoms with Crippen molar-refractivity contribution in [1.29, 1.82) is 5.26 Å². The molecule has 0 spiro atoms. The molecule has 0 N–H and O–H groups in total. The molecular weight excluding hydrogens is 371 g/mol. The highest BCUT2D eigenvalue weighted by molar-refractivity contribution is 6.30. The summed E-state index contributed by atoms with van der Waals surface area (Å²) in [4.78, 5) is 12.7. The number of nitrogens with zero attached hydrogens (tertiary/aromatic N) is 1. The summed E-state index contributed by atoms with van der Waals surface area (Å²) in [5.41, 5.74) is -1.65. The number of fused-ring (bicyclic) bond motifs is 1. The largest absolute Gasteiger partial charge is 0.479 e. The maximum atomic E-state index is 13.5. The molecular formula is C18H9ClF3NO3. The summed E-state index contributed by atoms with van der Waals surface area (Å²) < 4.78 is 50.5. The van der Waals surface area contributed by atoms with Gasteiger partial charge in [0.1, 0.15) is 17.4 Å². The van der Waals surface area contributed by atoms with Crippen molar-refractivity contribution in [3.8, 4) is 22.9 Å². The van der Waals surface area contributed by atoms with Crippen LogP contribution in [0, 0.1) is 11.3 Å². The zero-order valence-corrected chi connectivity index (χ0v) is 13.7. The van der Waals surface area contributed by atoms with E-state index in [4.69, 9.17) is 26.0 Å². The Balaban J connectivity index is 2.30. The van der Waals surface area contributed by atoms with Gasteiger partial charge in [0.15, 0.2) is 6.61 Å². The highest BCUT2D eigenvalue weighted by atomic mass is 35.5. The molecule has 0 aliphatic rings. The van der Waals surface area contributed by atoms with Crippen LogP contribution < -0.4 is 10.2 Å². The molecule has 3 aromatic rings. The Morgan fingerprint density at radius 3 is 2.46 bits per heavy atom. The summed E-state index contributed by atoms with van der Waals surface area (Å²) in [6, 6.07) is 11.0. The van der Waals surface area contributed by atoms with Gasteiger partial charge in [0.25, 0.3) is 0 Å². The molecule has 0 aliphatic heterocycles. The van der Waals surface area contributed by atoms with Gasteiger partial charge >= 0.3 is 6.18 Å². The molecule has 3 rings (SSSR count). The van der Waals surface area contributed by atoms with Gasteiger partial charge in [0.05, 0.1) is 10.9 Å². The van der Waals surface area contributed by atoms with Gasteiger partial charge in [0.2, 0.25) is 11.2 Å². The minimum absolute atomic E-state index is 0.0349. The summed E-state index contributed by atoms with van der Waals surface area (Å²) in [6.07, 6.45) is -4.88. The third-order valence-electron chi connectivity index (χ3n) is 3.56. The fraction of sp³-hybridized carbons (Fsp3) is 0.111. The zero-order valence-electron chi connectivity index (χ0n) is 12.9. The van der Waals surface area contributed by atoms with Crippen molar-refractivity contribution in [3.63, 3.8) is 0 Å². The van der Waals surface area contributed by atoms with Crippen LogP contribution in [0.25, 0.3) is 22.1 Å². The fourth-order valence-electron chi connectivity index (χ4n) is 2.46. The van der Waals surface area contributed by atoms with Crippen molar-refractivity contribution >= 4 is 22.6 Å². The average Bonchev–Trinajstić information content (AvgIpc) is 2.60. The van der Waals surface area contributed by atoms with Gasteiger partial charge in [-0.15, -0.1) is 0 Å². The van der Waals surface area contributed by atoms with Crippen molar-refractivity contribution in [3.05, 3.63) is 63.5 Å². The second-order valence-corrected chi connectivity index (χ2v) is 5.68. The minimum Gasteiger partial charge on any atom is -0.479 e. The van der Waals surface area contributed by atoms with Crippen molar-refractivity contribution in [2.24, 2.45) is 0 Å². The molecule has 8 heteroatoms. The number of ether oxygens (including phenoxy) is 1. The smallest absolute Gasteiger partial charge is 0.450 e. The predicted octanol–water partition coefficient (Wildman–Crippen LogP) is 5.03. The molecule has 0 amide bonds. The first-order valence-corrected chi connectivity index (χ1v) is 7.63. The van der Waals surface area contributed by atoms with Crippen LogP contribution in [0.4, 0.5) is 13.2 Å². The van der Waals surface area contributed by atoms with E-state index in [0.29, 0.717) is 5.02 Å². The molecule has 0 unspecified atom stereocenters. The third-order valence-corrected chi connectivity index (χ3v) is 3.81. The SMILES string of the molecule is N#CCOc1ccc2c(=O)c(-c3ccc(Cl)cc3)c(C(F)(F)F)oc2c1. The fourth-order valence-corrected chi connectivity index (χ4v) is 2.58. The van der Waals surface area contributed by atoms with Gasteiger partial charge in [-0.05, 0) is 29.8 Å². The quantitative estimate of drug-likeness (QED) is 0.640. The molecule has 0 saturated heterocycles. The van der Waals surface area contributed by atoms with Crippen LogP contribution in [0.2, 0.25) is 5.02 Å². The van der Waals surface area contributed by atoms with E-state index >= 15 is 0 Å². The number of benzene rings is 2. The first-order chi connectivity index (χ1) is 12.3. The Kier molecular flexibility index (Phi) is 4.62. The van der Waals surface area contributed by atoms with E-state index in [1.807, 2.05) is 0 Å². The van der Waals surface area contributed by atoms with Crippen LogP contribution in [-0.4, -0.2) is 6.61 Å². The Morgan fingerprint density at radius 1 is 1.15 bits per heavy atom. The standard InChI is InChI=1S/C18H9ClF3NO3/c19-11-3-1-10(2-4-11)15-16(24)13-6-5-12(25-8-7-23)9-14(13)26-17(15)18(20,21)22/h1-6,9H,8H2. The molecule has 0 saturated carbocycles. The summed E-state index contributed by atoms with van der Waals surface area (Å²) in [7, 11) is 0. The maximum absolute atomic E-state index is 13.5. The summed E-state index contributed by atoms with van der Waals surface area (Å²) >= 11 is 5.76. The zero-order chi connectivity index (χ0) is 18.9. The molecule has 1 heterocycles. The van der Waals surface area contributed by atoms with Gasteiger partial charge in [0, 0.05) is 11.1 Å². The Labute approximate surface area is 150 Å². The first kappa shape index (κ1) is 17.8. The van der Waals surface area contributed by atoms with Crippen LogP contribution in [0.1, 0.15) is 5.76 Å². The number of alkyl halides is 3. The van der Waals surface area contributed by atoms with Gasteiger partial charge < -0.3 is 9.15 Å². The average molecular weight is 380 g/mol. The van der Waals surface area contributed by atoms with Crippen molar-refractivity contribution in [2.75, 3.05) is 6.61 Å². The number of hydrogen-bond donors (Lipinski definition) is 0. The van der Waals surface area contributed by atoms with E-state index in [0.717, 1.165) is 6.07 Å². The molecule has 0 atom stereocenters. The van der Waals surface area contributed by atoms with Crippen LogP contribution >= 0.6 is 11.6 Å². The Bertz CT molecular complexity index is 1070. The second kappa shape index (κ2) is 6.73. The van der Waals surface area contributed by atoms with Gasteiger partial charge in [-0.3, -0.25) is 4.79 Å². The normalized spacial score (nSPS) is 11.3. The molecule has 1 aromatic heterocycles. The van der Waals surface area contributed by atoms with Crippen LogP contribution in [0.3, 0.4) is 0 Å². The minimum atomic E-state index is -4.88. The van der Waals surface area contributed by atoms with Crippen molar-refractivity contribution in [2.45, 2.75) is 6.18 Å². The molecule has 132 valence electrons. The maximum Gasteiger partial charge on any atom is 0.450 e. The van der Waals surface area contributed by atoms with Crippen molar-refractivity contribution in [1.82, 2.24) is 0 Å². The lowest BCUT2D eigenvalue weighted by Crippen LogP contribution is -2.16. The lowest BCUT2D eigenvalue weighted by molar-refractivity contribution is -0.152. The van der Waals surface area contributed by atoms with Crippen LogP contribution in [0.5, 0.6) is 5.75 Å². The van der Waals surface area contributed by atoms with E-state index in [1.165, 1.54) is 36.4 Å². The molecule has 0 fully saturated rings. The van der Waals surface area contributed by atoms with Gasteiger partial charge in [-0.25, -0.2) is 0 Å². The highest BCUT2D eigenvalue weighted by Crippen LogP contribution is 2.38. The van der Waals surface area contributed by atoms with Crippen LogP contribution in [-0.2, 0) is 6.18 Å². The Hall–Kier alpha value is -2.98. The number of hydrogen-bond acceptors (Lipinski definition) is 4. The topological polar surface area (TPSA) is 63.2 Å². The first-order valence-electron chi connectivity index (χ1n) is 7.25. The summed E-state index contributed by atoms with van der Waals surface area (Å²) in [5.74, 6) is -1.29. The number of halogens is 4. The predicted molar refractivity (Wildman–Crippen MR) is 89.0 cm³/mol. The van der Waals surface area contributed by atoms with E-state index in [2.05, 4.69) is 0 Å². The van der Waals surface area contributed by atoms with E-state index in [9.17, 15) is 18.0 Å². The van der Waals surface area contributed by atoms with Crippen LogP contribution in [0.15, 0.2) is 51.7 Å². The highest BCUT2D eigenvalue weighted by Gasteiger charge is 2.39. The van der Waals surface area contributed by atoms with E-state index < -0.39 is 22.9 Å². The lowest BCUT2D eigenvalue weighted by atomic mass is 10.0. The monoisotopic (exact) mass is 379 g/mol. The third kappa shape index (κ3) is 3.37. The lowest BCUT2D eigenvalue weighted by Gasteiger charge is -2.13. The molecule has 4 nitrogen and oxygen atoms in total. The van der Waals surface area contributed by atoms with E-state index in [1.54, 1.807) is 6.07 Å². The number of nitriles is 1. The molecule has 26 heavy (non-hydrogen) atoms. The summed E-state index contributed by atoms with van der Waals surface area (Å²) in [5, 5.41) is 8.80. The number of rotatable bonds is 3. The molecule has 0 bridgehead atoms. The van der Waals surface area contributed by atoms with Gasteiger partial charge in [-0.1, -0.05) is 23.7 Å². The molecule has 2 aromatic carbocycles.